The van der Waals surface area contributed by atoms with Gasteiger partial charge in [0.05, 0.1) is 18.2 Å². The number of amides is 2. The van der Waals surface area contributed by atoms with Crippen LogP contribution in [0.15, 0.2) is 101 Å². The number of nitrogens with two attached hydrogens (primary N) is 1. The molecule has 0 radical (unpaired) electrons. The fraction of sp³-hybridized carbons (Fsp3) is 0.294. The number of hydrogen-bond donors (Lipinski definition) is 2. The van der Waals surface area contributed by atoms with Crippen LogP contribution in [0.5, 0.6) is 0 Å². The third-order valence-electron chi connectivity index (χ3n) is 7.73. The van der Waals surface area contributed by atoms with Crippen molar-refractivity contribution in [1.82, 2.24) is 9.80 Å². The highest BCUT2D eigenvalue weighted by Gasteiger charge is 2.37. The Hall–Kier alpha value is -4.20. The van der Waals surface area contributed by atoms with Gasteiger partial charge in [0.15, 0.2) is 0 Å². The van der Waals surface area contributed by atoms with Crippen molar-refractivity contribution < 1.29 is 19.1 Å². The Kier molecular flexibility index (Phi) is 9.76. The number of likely N-dealkylation sites (N-methyl/N-ethyl adjacent to an activating group) is 1. The number of aliphatic hydroxyl groups excluding tert-OH is 1. The molecule has 7 heteroatoms. The van der Waals surface area contributed by atoms with Crippen LogP contribution in [0.1, 0.15) is 69.3 Å². The molecule has 1 heterocycles. The molecule has 1 aromatic heterocycles. The van der Waals surface area contributed by atoms with E-state index in [1.807, 2.05) is 81.6 Å². The maximum absolute atomic E-state index is 14.3. The number of aryl methyl sites for hydroxylation is 1. The van der Waals surface area contributed by atoms with Gasteiger partial charge in [-0.25, -0.2) is 0 Å². The zero-order valence-corrected chi connectivity index (χ0v) is 24.1. The molecule has 4 rings (SSSR count). The molecule has 41 heavy (non-hydrogen) atoms. The molecule has 214 valence electrons. The predicted molar refractivity (Wildman–Crippen MR) is 160 cm³/mol. The minimum atomic E-state index is -0.909. The van der Waals surface area contributed by atoms with Crippen LogP contribution < -0.4 is 5.73 Å². The number of aliphatic hydroxyl groups is 1. The van der Waals surface area contributed by atoms with Gasteiger partial charge in [0, 0.05) is 23.7 Å². The van der Waals surface area contributed by atoms with Crippen molar-refractivity contribution in [2.45, 2.75) is 51.4 Å². The first-order chi connectivity index (χ1) is 19.7. The molecule has 0 aliphatic heterocycles. The zero-order valence-electron chi connectivity index (χ0n) is 24.1. The third kappa shape index (κ3) is 7.31. The van der Waals surface area contributed by atoms with Gasteiger partial charge in [-0.05, 0) is 75.7 Å². The number of carbonyl (C=O) groups is 2. The first-order valence-corrected chi connectivity index (χ1v) is 13.9. The summed E-state index contributed by atoms with van der Waals surface area (Å²) >= 11 is 0. The van der Waals surface area contributed by atoms with Crippen LogP contribution in [0, 0.1) is 6.92 Å². The monoisotopic (exact) mass is 553 g/mol. The van der Waals surface area contributed by atoms with Gasteiger partial charge in [-0.15, -0.1) is 0 Å². The summed E-state index contributed by atoms with van der Waals surface area (Å²) in [6, 6.07) is 29.0. The van der Waals surface area contributed by atoms with Crippen molar-refractivity contribution in [3.05, 3.63) is 131 Å². The van der Waals surface area contributed by atoms with Crippen molar-refractivity contribution >= 4 is 11.8 Å². The Bertz CT molecular complexity index is 1440. The topological polar surface area (TPSA) is 100 Å². The highest BCUT2D eigenvalue weighted by Crippen LogP contribution is 2.30. The second kappa shape index (κ2) is 13.4. The number of furan rings is 1. The van der Waals surface area contributed by atoms with E-state index in [4.69, 9.17) is 10.2 Å². The molecule has 0 aliphatic carbocycles. The quantitative estimate of drug-likeness (QED) is 0.239. The Morgan fingerprint density at radius 3 is 2.10 bits per heavy atom. The number of nitrogens with zero attached hydrogens (tertiary/aromatic N) is 2. The normalized spacial score (nSPS) is 14.3. The molecule has 4 aromatic rings. The maximum atomic E-state index is 14.3. The van der Waals surface area contributed by atoms with Crippen LogP contribution >= 0.6 is 0 Å². The second-order valence-corrected chi connectivity index (χ2v) is 10.6. The summed E-state index contributed by atoms with van der Waals surface area (Å²) in [5.41, 5.74) is 8.21. The molecule has 4 atom stereocenters. The Morgan fingerprint density at radius 1 is 0.854 bits per heavy atom. The second-order valence-electron chi connectivity index (χ2n) is 10.6. The largest absolute Gasteiger partial charge is 0.464 e. The smallest absolute Gasteiger partial charge is 0.254 e. The molecule has 0 saturated heterocycles. The van der Waals surface area contributed by atoms with E-state index >= 15 is 0 Å². The SMILES string of the molecule is Cc1ccc(C(C)N(C(=O)c2cccc(C(N)=O)c2)[C@@H](Cc2ccccc2)[C@H](O)CN(C)[C@@H](C)c2ccccc2)o1. The van der Waals surface area contributed by atoms with Crippen LogP contribution in [0.4, 0.5) is 0 Å². The molecular formula is C34H39N3O4. The van der Waals surface area contributed by atoms with Crippen LogP contribution in [-0.4, -0.2) is 52.5 Å². The van der Waals surface area contributed by atoms with Gasteiger partial charge in [0.1, 0.15) is 11.5 Å². The number of carbonyl (C=O) groups excluding carboxylic acids is 2. The standard InChI is InChI=1S/C34H39N3O4/c1-23-18-19-32(41-23)25(3)37(34(40)29-17-11-16-28(21-29)33(35)39)30(20-26-12-7-5-8-13-26)31(38)22-36(4)24(2)27-14-9-6-10-15-27/h5-19,21,24-25,30-31,38H,20,22H2,1-4H3,(H2,35,39)/t24-,25?,30-,31+/m0/s1. The van der Waals surface area contributed by atoms with Gasteiger partial charge in [0.2, 0.25) is 5.91 Å². The predicted octanol–water partition coefficient (Wildman–Crippen LogP) is 5.56. The molecule has 0 aliphatic rings. The summed E-state index contributed by atoms with van der Waals surface area (Å²) in [6.45, 7) is 6.17. The summed E-state index contributed by atoms with van der Waals surface area (Å²) < 4.78 is 5.97. The minimum Gasteiger partial charge on any atom is -0.464 e. The van der Waals surface area contributed by atoms with E-state index in [1.54, 1.807) is 23.1 Å². The molecule has 3 N–H and O–H groups in total. The lowest BCUT2D eigenvalue weighted by atomic mass is 9.95. The summed E-state index contributed by atoms with van der Waals surface area (Å²) in [7, 11) is 1.97. The van der Waals surface area contributed by atoms with E-state index in [2.05, 4.69) is 24.0 Å². The van der Waals surface area contributed by atoms with E-state index in [0.29, 0.717) is 24.3 Å². The lowest BCUT2D eigenvalue weighted by Crippen LogP contribution is -2.52. The van der Waals surface area contributed by atoms with Crippen molar-refractivity contribution in [3.63, 3.8) is 0 Å². The van der Waals surface area contributed by atoms with Crippen molar-refractivity contribution in [3.8, 4) is 0 Å². The minimum absolute atomic E-state index is 0.0461. The number of rotatable bonds is 12. The summed E-state index contributed by atoms with van der Waals surface area (Å²) in [6.07, 6.45) is -0.492. The van der Waals surface area contributed by atoms with Gasteiger partial charge in [-0.2, -0.15) is 0 Å². The van der Waals surface area contributed by atoms with E-state index in [-0.39, 0.29) is 17.5 Å². The van der Waals surface area contributed by atoms with Crippen LogP contribution in [-0.2, 0) is 6.42 Å². The van der Waals surface area contributed by atoms with Gasteiger partial charge in [-0.3, -0.25) is 14.5 Å². The van der Waals surface area contributed by atoms with Crippen LogP contribution in [0.2, 0.25) is 0 Å². The van der Waals surface area contributed by atoms with Crippen LogP contribution in [0.25, 0.3) is 0 Å². The number of benzene rings is 3. The summed E-state index contributed by atoms with van der Waals surface area (Å²) in [5.74, 6) is 0.399. The fourth-order valence-corrected chi connectivity index (χ4v) is 5.22. The Balaban J connectivity index is 1.75. The lowest BCUT2D eigenvalue weighted by Gasteiger charge is -2.40. The zero-order chi connectivity index (χ0) is 29.5. The Morgan fingerprint density at radius 2 is 1.49 bits per heavy atom. The Labute approximate surface area is 242 Å². The van der Waals surface area contributed by atoms with Crippen molar-refractivity contribution in [1.29, 1.82) is 0 Å². The summed E-state index contributed by atoms with van der Waals surface area (Å²) in [5, 5.41) is 11.9. The average molecular weight is 554 g/mol. The van der Waals surface area contributed by atoms with Gasteiger partial charge >= 0.3 is 0 Å². The average Bonchev–Trinajstić information content (AvgIpc) is 3.43. The van der Waals surface area contributed by atoms with Crippen LogP contribution in [0.3, 0.4) is 0 Å². The van der Waals surface area contributed by atoms with Gasteiger partial charge in [-0.1, -0.05) is 66.7 Å². The molecule has 0 spiro atoms. The first-order valence-electron chi connectivity index (χ1n) is 13.9. The third-order valence-corrected chi connectivity index (χ3v) is 7.73. The number of primary amides is 1. The highest BCUT2D eigenvalue weighted by molar-refractivity contribution is 5.99. The van der Waals surface area contributed by atoms with Crippen molar-refractivity contribution in [2.75, 3.05) is 13.6 Å². The van der Waals surface area contributed by atoms with E-state index in [1.165, 1.54) is 6.07 Å². The molecule has 1 unspecified atom stereocenters. The molecule has 0 fully saturated rings. The number of hydrogen-bond acceptors (Lipinski definition) is 5. The fourth-order valence-electron chi connectivity index (χ4n) is 5.22. The van der Waals surface area contributed by atoms with E-state index < -0.39 is 24.1 Å². The molecule has 0 bridgehead atoms. The van der Waals surface area contributed by atoms with Gasteiger partial charge in [0.25, 0.3) is 5.91 Å². The molecule has 7 nitrogen and oxygen atoms in total. The van der Waals surface area contributed by atoms with E-state index in [9.17, 15) is 14.7 Å². The maximum Gasteiger partial charge on any atom is 0.254 e. The summed E-state index contributed by atoms with van der Waals surface area (Å²) in [4.78, 5) is 30.0. The van der Waals surface area contributed by atoms with Crippen molar-refractivity contribution in [2.24, 2.45) is 5.73 Å². The van der Waals surface area contributed by atoms with E-state index in [0.717, 1.165) is 16.9 Å². The molecule has 0 saturated carbocycles. The highest BCUT2D eigenvalue weighted by atomic mass is 16.3. The first kappa shape index (κ1) is 29.8. The lowest BCUT2D eigenvalue weighted by molar-refractivity contribution is 0.00417. The van der Waals surface area contributed by atoms with Gasteiger partial charge < -0.3 is 20.2 Å². The molecule has 2 amide bonds. The molecule has 3 aromatic carbocycles. The molecular weight excluding hydrogens is 514 g/mol.